The van der Waals surface area contributed by atoms with Crippen molar-refractivity contribution < 1.29 is 18.7 Å². The number of furan rings is 1. The van der Waals surface area contributed by atoms with Crippen LogP contribution < -0.4 is 5.32 Å². The van der Waals surface area contributed by atoms with Crippen molar-refractivity contribution in [3.05, 3.63) is 24.2 Å². The van der Waals surface area contributed by atoms with E-state index in [2.05, 4.69) is 29.1 Å². The normalized spacial score (nSPS) is 13.1. The molecule has 0 radical (unpaired) electrons. The van der Waals surface area contributed by atoms with Gasteiger partial charge in [-0.15, -0.1) is 0 Å². The first kappa shape index (κ1) is 21.2. The molecule has 7 nitrogen and oxygen atoms in total. The number of amides is 1. The van der Waals surface area contributed by atoms with Crippen molar-refractivity contribution in [2.45, 2.75) is 39.7 Å². The zero-order valence-electron chi connectivity index (χ0n) is 15.8. The first-order chi connectivity index (χ1) is 12.1. The van der Waals surface area contributed by atoms with E-state index in [0.717, 1.165) is 32.5 Å². The molecule has 0 aliphatic heterocycles. The topological polar surface area (TPSA) is 76.3 Å². The molecule has 1 aromatic rings. The van der Waals surface area contributed by atoms with Gasteiger partial charge in [0, 0.05) is 7.11 Å². The van der Waals surface area contributed by atoms with Crippen LogP contribution >= 0.6 is 0 Å². The van der Waals surface area contributed by atoms with Gasteiger partial charge in [-0.2, -0.15) is 0 Å². The van der Waals surface area contributed by atoms with Crippen LogP contribution in [0.5, 0.6) is 0 Å². The van der Waals surface area contributed by atoms with E-state index in [1.807, 2.05) is 6.92 Å². The zero-order chi connectivity index (χ0) is 18.5. The Morgan fingerprint density at radius 3 is 2.72 bits per heavy atom. The van der Waals surface area contributed by atoms with E-state index in [9.17, 15) is 4.79 Å². The number of methoxy groups -OCH3 is 1. The van der Waals surface area contributed by atoms with E-state index >= 15 is 0 Å². The van der Waals surface area contributed by atoms with Crippen LogP contribution in [-0.2, 0) is 9.47 Å². The number of carbonyl (C=O) groups excluding carboxylic acids is 1. The van der Waals surface area contributed by atoms with Gasteiger partial charge in [-0.1, -0.05) is 13.8 Å². The van der Waals surface area contributed by atoms with Crippen molar-refractivity contribution in [3.63, 3.8) is 0 Å². The highest BCUT2D eigenvalue weighted by Gasteiger charge is 2.14. The van der Waals surface area contributed by atoms with Gasteiger partial charge in [0.25, 0.3) is 11.9 Å². The minimum Gasteiger partial charge on any atom is -0.463 e. The Morgan fingerprint density at radius 2 is 2.12 bits per heavy atom. The average molecular weight is 353 g/mol. The summed E-state index contributed by atoms with van der Waals surface area (Å²) in [7, 11) is 1.59. The van der Waals surface area contributed by atoms with E-state index in [4.69, 9.17) is 13.9 Å². The Hall–Kier alpha value is -1.86. The van der Waals surface area contributed by atoms with E-state index in [1.54, 1.807) is 19.2 Å². The molecule has 0 fully saturated rings. The minimum atomic E-state index is -0.378. The third-order valence-electron chi connectivity index (χ3n) is 3.82. The molecular formula is C18H31N3O4. The van der Waals surface area contributed by atoms with Crippen LogP contribution in [0.1, 0.15) is 44.2 Å². The summed E-state index contributed by atoms with van der Waals surface area (Å²) in [4.78, 5) is 19.0. The molecular weight excluding hydrogens is 322 g/mol. The number of nitrogens with zero attached hydrogens (tertiary/aromatic N) is 2. The molecule has 0 aliphatic carbocycles. The molecule has 7 heteroatoms. The zero-order valence-corrected chi connectivity index (χ0v) is 15.8. The molecule has 0 spiro atoms. The molecule has 1 N–H and O–H groups in total. The summed E-state index contributed by atoms with van der Waals surface area (Å²) in [6, 6.07) is 3.50. The van der Waals surface area contributed by atoms with E-state index < -0.39 is 0 Å². The number of nitrogens with one attached hydrogen (secondary N) is 1. The highest BCUT2D eigenvalue weighted by Crippen LogP contribution is 2.05. The largest absolute Gasteiger partial charge is 0.463 e. The van der Waals surface area contributed by atoms with Crippen LogP contribution in [0, 0.1) is 0 Å². The minimum absolute atomic E-state index is 0.0463. The predicted octanol–water partition coefficient (Wildman–Crippen LogP) is 2.54. The third-order valence-corrected chi connectivity index (χ3v) is 3.82. The summed E-state index contributed by atoms with van der Waals surface area (Å²) in [6.07, 6.45) is 3.42. The maximum absolute atomic E-state index is 12.1. The molecule has 25 heavy (non-hydrogen) atoms. The average Bonchev–Trinajstić information content (AvgIpc) is 3.13. The Balaban J connectivity index is 2.56. The smallest absolute Gasteiger partial charge is 0.294 e. The Kier molecular flexibility index (Phi) is 10.6. The number of hydrogen-bond acceptors (Lipinski definition) is 6. The van der Waals surface area contributed by atoms with Crippen LogP contribution in [0.25, 0.3) is 0 Å². The first-order valence-corrected chi connectivity index (χ1v) is 8.87. The monoisotopic (exact) mass is 353 g/mol. The second-order valence-electron chi connectivity index (χ2n) is 5.73. The molecule has 1 rings (SSSR count). The van der Waals surface area contributed by atoms with Gasteiger partial charge in [-0.25, -0.2) is 4.99 Å². The fourth-order valence-electron chi connectivity index (χ4n) is 2.31. The highest BCUT2D eigenvalue weighted by atomic mass is 16.5. The van der Waals surface area contributed by atoms with Gasteiger partial charge in [0.05, 0.1) is 18.9 Å². The van der Waals surface area contributed by atoms with Gasteiger partial charge in [0.2, 0.25) is 0 Å². The summed E-state index contributed by atoms with van der Waals surface area (Å²) in [5, 5.41) is 2.66. The molecule has 0 aliphatic rings. The third kappa shape index (κ3) is 8.69. The lowest BCUT2D eigenvalue weighted by Crippen LogP contribution is -2.34. The Bertz CT molecular complexity index is 498. The Morgan fingerprint density at radius 1 is 1.36 bits per heavy atom. The molecule has 1 aromatic heterocycles. The van der Waals surface area contributed by atoms with Crippen LogP contribution in [0.15, 0.2) is 27.8 Å². The fourth-order valence-corrected chi connectivity index (χ4v) is 2.31. The molecule has 0 saturated heterocycles. The van der Waals surface area contributed by atoms with E-state index in [0.29, 0.717) is 13.2 Å². The summed E-state index contributed by atoms with van der Waals surface area (Å²) < 4.78 is 15.6. The van der Waals surface area contributed by atoms with Crippen molar-refractivity contribution in [3.8, 4) is 0 Å². The van der Waals surface area contributed by atoms with E-state index in [1.165, 1.54) is 6.26 Å². The molecule has 0 aromatic carbocycles. The van der Waals surface area contributed by atoms with Crippen molar-refractivity contribution in [1.29, 1.82) is 0 Å². The SMILES string of the molecule is CCN(CC)CCC[C@H](C)N=C(NC(=O)c1ccco1)OCCOC. The summed E-state index contributed by atoms with van der Waals surface area (Å²) in [6.45, 7) is 10.2. The van der Waals surface area contributed by atoms with Crippen LogP contribution in [0.4, 0.5) is 0 Å². The summed E-state index contributed by atoms with van der Waals surface area (Å²) in [5.41, 5.74) is 0. The molecule has 0 saturated carbocycles. The summed E-state index contributed by atoms with van der Waals surface area (Å²) in [5.74, 6) is -0.159. The molecule has 0 bridgehead atoms. The van der Waals surface area contributed by atoms with Crippen molar-refractivity contribution in [1.82, 2.24) is 10.2 Å². The van der Waals surface area contributed by atoms with Crippen molar-refractivity contribution in [2.24, 2.45) is 4.99 Å². The standard InChI is InChI=1S/C18H31N3O4/c1-5-21(6-2)11-7-9-15(3)19-18(25-14-13-23-4)20-17(22)16-10-8-12-24-16/h8,10,12,15H,5-7,9,11,13-14H2,1-4H3,(H,19,20,22)/t15-/m0/s1. The van der Waals surface area contributed by atoms with Crippen LogP contribution in [-0.4, -0.2) is 62.8 Å². The summed E-state index contributed by atoms with van der Waals surface area (Å²) >= 11 is 0. The lowest BCUT2D eigenvalue weighted by atomic mass is 10.2. The Labute approximate surface area is 150 Å². The number of carbonyl (C=O) groups is 1. The molecule has 1 atom stereocenters. The molecule has 142 valence electrons. The maximum Gasteiger partial charge on any atom is 0.294 e. The second kappa shape index (κ2) is 12.5. The number of aliphatic imine (C=N–C) groups is 1. The first-order valence-electron chi connectivity index (χ1n) is 8.87. The second-order valence-corrected chi connectivity index (χ2v) is 5.73. The van der Waals surface area contributed by atoms with Crippen molar-refractivity contribution >= 4 is 11.9 Å². The number of ether oxygens (including phenoxy) is 2. The van der Waals surface area contributed by atoms with Crippen molar-refractivity contribution in [2.75, 3.05) is 40.0 Å². The fraction of sp³-hybridized carbons (Fsp3) is 0.667. The quantitative estimate of drug-likeness (QED) is 0.376. The molecule has 0 unspecified atom stereocenters. The lowest BCUT2D eigenvalue weighted by molar-refractivity contribution is 0.0927. The number of hydrogen-bond donors (Lipinski definition) is 1. The maximum atomic E-state index is 12.1. The number of rotatable bonds is 11. The van der Waals surface area contributed by atoms with Gasteiger partial charge in [0.1, 0.15) is 6.61 Å². The number of amidine groups is 1. The lowest BCUT2D eigenvalue weighted by Gasteiger charge is -2.18. The van der Waals surface area contributed by atoms with Gasteiger partial charge in [-0.3, -0.25) is 10.1 Å². The molecule has 1 amide bonds. The predicted molar refractivity (Wildman–Crippen MR) is 97.9 cm³/mol. The van der Waals surface area contributed by atoms with Gasteiger partial charge >= 0.3 is 0 Å². The molecule has 1 heterocycles. The highest BCUT2D eigenvalue weighted by molar-refractivity contribution is 6.02. The van der Waals surface area contributed by atoms with Gasteiger partial charge < -0.3 is 18.8 Å². The van der Waals surface area contributed by atoms with Crippen LogP contribution in [0.3, 0.4) is 0 Å². The van der Waals surface area contributed by atoms with Crippen LogP contribution in [0.2, 0.25) is 0 Å². The van der Waals surface area contributed by atoms with Gasteiger partial charge in [-0.05, 0) is 51.5 Å². The van der Waals surface area contributed by atoms with Gasteiger partial charge in [0.15, 0.2) is 5.76 Å². The van der Waals surface area contributed by atoms with E-state index in [-0.39, 0.29) is 23.7 Å².